The Morgan fingerprint density at radius 1 is 0.188 bits per heavy atom. The van der Waals surface area contributed by atoms with Gasteiger partial charge in [-0.25, -0.2) is 0 Å². The molecule has 0 bridgehead atoms. The van der Waals surface area contributed by atoms with Gasteiger partial charge >= 0.3 is 0 Å². The van der Waals surface area contributed by atoms with Crippen LogP contribution in [0, 0.1) is 5.92 Å². The largest absolute Gasteiger partial charge is 0.508 e. The van der Waals surface area contributed by atoms with Crippen molar-refractivity contribution in [3.05, 3.63) is 346 Å². The summed E-state index contributed by atoms with van der Waals surface area (Å²) in [4.78, 5) is 0. The molecule has 4 N–H and O–H groups in total. The predicted molar refractivity (Wildman–Crippen MR) is 622 cm³/mol. The molecular weight excluding hydrogens is 1760 g/mol. The summed E-state index contributed by atoms with van der Waals surface area (Å²) in [5.41, 5.74) is 15.4. The van der Waals surface area contributed by atoms with Gasteiger partial charge < -0.3 is 39.4 Å². The average Bonchev–Trinajstić information content (AvgIpc) is 1.63. The number of phenolic OH excluding ortho intramolecular Hbond substituents is 4. The number of hydrogen-bond acceptors (Lipinski definition) is 8. The number of aromatic hydroxyl groups is 4. The molecule has 4 saturated carbocycles. The molecule has 0 radical (unpaired) electrons. The van der Waals surface area contributed by atoms with Crippen LogP contribution in [0.4, 0.5) is 0 Å². The van der Waals surface area contributed by atoms with Gasteiger partial charge in [0.2, 0.25) is 0 Å². The van der Waals surface area contributed by atoms with Gasteiger partial charge in [-0.05, 0) is 423 Å². The van der Waals surface area contributed by atoms with Crippen molar-refractivity contribution in [1.82, 2.24) is 0 Å². The normalized spacial score (nSPS) is 16.4. The SMILES string of the molecule is CCC(C)c1ccc(O)cc1.CCC(C)c1ccc(O)cc1.CCC(C)c1ccc(OC2(C(C)C)CCCC2)cc1.CCC(C)c1ccc(OC2(C)CCCC2)cc1.CCC(C)c1ccc(OC2(C)CCCC2)cc1.CCC(C)c1ccc(OC2(C)CCCC2)cc1.CCC(C)c1cccc(O)c1.CCC(C)c1cccc(O)c1.CCC(C)c1ccccc1.CCC(C)c1ccccc1.CCC(C)c1ccccc1. The van der Waals surface area contributed by atoms with E-state index in [0.29, 0.717) is 94.0 Å². The van der Waals surface area contributed by atoms with E-state index in [1.165, 1.54) is 209 Å². The van der Waals surface area contributed by atoms with E-state index in [4.69, 9.17) is 39.4 Å². The number of benzene rings is 11. The molecule has 0 spiro atoms. The molecule has 4 aliphatic rings. The maximum Gasteiger partial charge on any atom is 0.120 e. The summed E-state index contributed by atoms with van der Waals surface area (Å²) in [7, 11) is 0. The number of hydrogen-bond donors (Lipinski definition) is 4. The van der Waals surface area contributed by atoms with Crippen molar-refractivity contribution in [3.8, 4) is 46.0 Å². The van der Waals surface area contributed by atoms with Gasteiger partial charge in [0.1, 0.15) is 68.4 Å². The Hall–Kier alpha value is -10.2. The minimum atomic E-state index is 0.0812. The lowest BCUT2D eigenvalue weighted by molar-refractivity contribution is 0.0288. The molecule has 4 fully saturated rings. The summed E-state index contributed by atoms with van der Waals surface area (Å²) in [5, 5.41) is 36.3. The maximum atomic E-state index is 9.16. The first-order valence-corrected chi connectivity index (χ1v) is 56.4. The van der Waals surface area contributed by atoms with Crippen molar-refractivity contribution in [3.63, 3.8) is 0 Å². The van der Waals surface area contributed by atoms with Crippen molar-refractivity contribution < 1.29 is 39.4 Å². The molecule has 790 valence electrons. The van der Waals surface area contributed by atoms with Crippen LogP contribution in [0.25, 0.3) is 0 Å². The Bertz CT molecular complexity index is 4660. The molecule has 15 rings (SSSR count). The van der Waals surface area contributed by atoms with E-state index in [-0.39, 0.29) is 22.4 Å². The molecule has 144 heavy (non-hydrogen) atoms. The molecule has 11 aromatic carbocycles. The first kappa shape index (κ1) is 124. The lowest BCUT2D eigenvalue weighted by Crippen LogP contribution is -2.38. The van der Waals surface area contributed by atoms with Crippen molar-refractivity contribution in [2.45, 2.75) is 448 Å². The molecule has 0 heterocycles. The predicted octanol–water partition coefficient (Wildman–Crippen LogP) is 41.5. The fourth-order valence-electron chi connectivity index (χ4n) is 18.2. The summed E-state index contributed by atoms with van der Waals surface area (Å²) >= 11 is 0. The summed E-state index contributed by atoms with van der Waals surface area (Å²) in [6.45, 7) is 60.1. The van der Waals surface area contributed by atoms with Gasteiger partial charge in [0.15, 0.2) is 0 Å². The molecule has 4 aliphatic carbocycles. The standard InChI is InChI=1S/C18H28O.3C16H24O.4C10H14O.3C10H14/c1-5-15(4)16-8-10-17(11-9-16)19-18(14(2)3)12-6-7-13-18;3*1-4-13(2)14-7-9-15(10-8-14)17-16(3)11-5-6-12-16;2*1-3-8(2)9-4-6-10(11)7-5-9;2*1-3-8(2)9-5-4-6-10(11)7-9;3*1-3-9(2)10-7-5-4-6-8-10/h8-11,14-15H,5-7,12-13H2,1-4H3;3*7-10,13H,4-6,11-12H2,1-3H3;4*4-8,11H,3H2,1-2H3;3*4-9H,3H2,1-2H3. The zero-order valence-corrected chi connectivity index (χ0v) is 95.1. The molecular formula is C136H198O8. The molecule has 11 aromatic rings. The quantitative estimate of drug-likeness (QED) is 0.0339. The van der Waals surface area contributed by atoms with Gasteiger partial charge in [-0.15, -0.1) is 0 Å². The van der Waals surface area contributed by atoms with Crippen LogP contribution in [0.2, 0.25) is 0 Å². The molecule has 11 atom stereocenters. The van der Waals surface area contributed by atoms with Crippen molar-refractivity contribution >= 4 is 0 Å². The van der Waals surface area contributed by atoms with Gasteiger partial charge in [0.25, 0.3) is 0 Å². The van der Waals surface area contributed by atoms with Crippen molar-refractivity contribution in [2.75, 3.05) is 0 Å². The van der Waals surface area contributed by atoms with Crippen molar-refractivity contribution in [1.29, 1.82) is 0 Å². The van der Waals surface area contributed by atoms with Crippen LogP contribution in [-0.4, -0.2) is 42.8 Å². The minimum absolute atomic E-state index is 0.0812. The highest BCUT2D eigenvalue weighted by Gasteiger charge is 2.39. The minimum Gasteiger partial charge on any atom is -0.508 e. The number of phenols is 4. The second-order valence-electron chi connectivity index (χ2n) is 43.1. The molecule has 11 unspecified atom stereocenters. The van der Waals surface area contributed by atoms with Crippen LogP contribution in [-0.2, 0) is 0 Å². The first-order chi connectivity index (χ1) is 68.9. The monoisotopic (exact) mass is 1960 g/mol. The number of rotatable bonds is 31. The van der Waals surface area contributed by atoms with Gasteiger partial charge in [-0.1, -0.05) is 354 Å². The zero-order valence-electron chi connectivity index (χ0n) is 95.1. The van der Waals surface area contributed by atoms with Crippen LogP contribution in [0.5, 0.6) is 46.0 Å². The van der Waals surface area contributed by atoms with Crippen LogP contribution < -0.4 is 18.9 Å². The molecule has 0 aliphatic heterocycles. The maximum absolute atomic E-state index is 9.16. The van der Waals surface area contributed by atoms with Crippen LogP contribution in [0.15, 0.2) is 285 Å². The molecule has 0 saturated heterocycles. The highest BCUT2D eigenvalue weighted by molar-refractivity contribution is 5.37. The molecule has 8 nitrogen and oxygen atoms in total. The molecule has 0 amide bonds. The topological polar surface area (TPSA) is 118 Å². The van der Waals surface area contributed by atoms with E-state index in [0.717, 1.165) is 48.7 Å². The van der Waals surface area contributed by atoms with Crippen LogP contribution in [0.1, 0.15) is 487 Å². The molecule has 8 heteroatoms. The Morgan fingerprint density at radius 3 is 0.542 bits per heavy atom. The fraction of sp³-hybridized carbons (Fsp3) is 0.515. The average molecular weight is 1960 g/mol. The Morgan fingerprint density at radius 2 is 0.354 bits per heavy atom. The smallest absolute Gasteiger partial charge is 0.120 e. The lowest BCUT2D eigenvalue weighted by atomic mass is 9.88. The Balaban J connectivity index is 0.000000281. The fourth-order valence-corrected chi connectivity index (χ4v) is 18.2. The second-order valence-corrected chi connectivity index (χ2v) is 43.1. The van der Waals surface area contributed by atoms with E-state index in [2.05, 4.69) is 375 Å². The van der Waals surface area contributed by atoms with E-state index >= 15 is 0 Å². The van der Waals surface area contributed by atoms with Gasteiger partial charge in [0, 0.05) is 0 Å². The third-order valence-corrected chi connectivity index (χ3v) is 31.3. The second kappa shape index (κ2) is 67.6. The summed E-state index contributed by atoms with van der Waals surface area (Å²) in [6.07, 6.45) is 33.0. The summed E-state index contributed by atoms with van der Waals surface area (Å²) in [5.74, 6) is 13.1. The van der Waals surface area contributed by atoms with Gasteiger partial charge in [-0.2, -0.15) is 0 Å². The van der Waals surface area contributed by atoms with E-state index in [9.17, 15) is 0 Å². The van der Waals surface area contributed by atoms with Crippen LogP contribution >= 0.6 is 0 Å². The number of ether oxygens (including phenoxy) is 4. The summed E-state index contributed by atoms with van der Waals surface area (Å²) < 4.78 is 24.8. The zero-order chi connectivity index (χ0) is 106. The summed E-state index contributed by atoms with van der Waals surface area (Å²) in [6, 6.07) is 96.5. The Labute approximate surface area is 879 Å². The first-order valence-electron chi connectivity index (χ1n) is 56.4. The van der Waals surface area contributed by atoms with E-state index in [1.807, 2.05) is 60.7 Å². The third kappa shape index (κ3) is 45.8. The van der Waals surface area contributed by atoms with E-state index < -0.39 is 0 Å². The van der Waals surface area contributed by atoms with E-state index in [1.54, 1.807) is 36.4 Å². The highest BCUT2D eigenvalue weighted by Crippen LogP contribution is 2.43. The third-order valence-electron chi connectivity index (χ3n) is 31.3. The Kier molecular flexibility index (Phi) is 58.3. The van der Waals surface area contributed by atoms with Gasteiger partial charge in [0.05, 0.1) is 0 Å². The molecule has 0 aromatic heterocycles. The van der Waals surface area contributed by atoms with Gasteiger partial charge in [-0.3, -0.25) is 0 Å². The van der Waals surface area contributed by atoms with Crippen molar-refractivity contribution in [2.24, 2.45) is 5.92 Å². The highest BCUT2D eigenvalue weighted by atomic mass is 16.5. The van der Waals surface area contributed by atoms with Crippen LogP contribution in [0.3, 0.4) is 0 Å². The lowest BCUT2D eigenvalue weighted by Gasteiger charge is -2.34.